The molecule has 2 N–H and O–H groups in total. The molecular formula is C10H16BrNO3. The Morgan fingerprint density at radius 3 is 2.40 bits per heavy atom. The van der Waals surface area contributed by atoms with E-state index in [9.17, 15) is 9.59 Å². The number of carboxylic acid groups (broad SMARTS) is 1. The van der Waals surface area contributed by atoms with E-state index in [1.54, 1.807) is 0 Å². The van der Waals surface area contributed by atoms with Crippen molar-refractivity contribution in [1.82, 2.24) is 5.32 Å². The van der Waals surface area contributed by atoms with Gasteiger partial charge in [0.05, 0.1) is 11.4 Å². The molecule has 15 heavy (non-hydrogen) atoms. The maximum absolute atomic E-state index is 11.6. The zero-order valence-electron chi connectivity index (χ0n) is 8.54. The highest BCUT2D eigenvalue weighted by Crippen LogP contribution is 2.27. The summed E-state index contributed by atoms with van der Waals surface area (Å²) in [6.07, 6.45) is 4.17. The number of ketones is 1. The number of nitrogens with one attached hydrogen (secondary N) is 1. The second kappa shape index (κ2) is 6.10. The summed E-state index contributed by atoms with van der Waals surface area (Å²) in [4.78, 5) is 22.2. The first-order valence-corrected chi connectivity index (χ1v) is 6.35. The van der Waals surface area contributed by atoms with Crippen molar-refractivity contribution in [2.75, 3.05) is 5.33 Å². The summed E-state index contributed by atoms with van der Waals surface area (Å²) >= 11 is 3.09. The average molecular weight is 278 g/mol. The van der Waals surface area contributed by atoms with Crippen molar-refractivity contribution in [2.45, 2.75) is 38.1 Å². The molecule has 0 bridgehead atoms. The van der Waals surface area contributed by atoms with Crippen LogP contribution in [0.1, 0.15) is 32.1 Å². The first kappa shape index (κ1) is 12.5. The van der Waals surface area contributed by atoms with Crippen LogP contribution >= 0.6 is 15.9 Å². The molecule has 0 radical (unpaired) electrons. The zero-order valence-corrected chi connectivity index (χ0v) is 10.1. The van der Waals surface area contributed by atoms with Crippen LogP contribution in [0.15, 0.2) is 0 Å². The lowest BCUT2D eigenvalue weighted by molar-refractivity contribution is -0.119. The van der Waals surface area contributed by atoms with Crippen LogP contribution < -0.4 is 5.32 Å². The summed E-state index contributed by atoms with van der Waals surface area (Å²) in [5, 5.41) is 11.2. The predicted octanol–water partition coefficient (Wildman–Crippen LogP) is 2.17. The molecule has 0 unspecified atom stereocenters. The first-order valence-electron chi connectivity index (χ1n) is 5.23. The van der Waals surface area contributed by atoms with Crippen LogP contribution in [0.5, 0.6) is 0 Å². The Bertz CT molecular complexity index is 239. The number of alkyl halides is 1. The largest absolute Gasteiger partial charge is 0.465 e. The summed E-state index contributed by atoms with van der Waals surface area (Å²) in [5.41, 5.74) is 0. The molecule has 1 aliphatic rings. The van der Waals surface area contributed by atoms with E-state index in [1.807, 2.05) is 0 Å². The fraction of sp³-hybridized carbons (Fsp3) is 0.800. The quantitative estimate of drug-likeness (QED) is 0.774. The molecule has 1 rings (SSSR count). The number of carbonyl (C=O) groups is 2. The summed E-state index contributed by atoms with van der Waals surface area (Å²) in [6, 6.07) is -0.526. The smallest absolute Gasteiger partial charge is 0.405 e. The lowest BCUT2D eigenvalue weighted by atomic mass is 9.82. The van der Waals surface area contributed by atoms with Crippen LogP contribution in [0.2, 0.25) is 0 Å². The van der Waals surface area contributed by atoms with E-state index in [0.717, 1.165) is 25.7 Å². The van der Waals surface area contributed by atoms with Crippen LogP contribution in [0, 0.1) is 5.92 Å². The Balaban J connectivity index is 2.60. The standard InChI is InChI=1S/C10H16BrNO3/c11-6-8(13)9(12-10(14)15)7-4-2-1-3-5-7/h7,9,12H,1-6H2,(H,14,15)/t9-/m0/s1. The van der Waals surface area contributed by atoms with Gasteiger partial charge in [0.25, 0.3) is 0 Å². The summed E-state index contributed by atoms with van der Waals surface area (Å²) in [5.74, 6) is 0.115. The fourth-order valence-corrected chi connectivity index (χ4v) is 2.49. The van der Waals surface area contributed by atoms with Gasteiger partial charge in [0.15, 0.2) is 5.78 Å². The normalized spacial score (nSPS) is 19.5. The lowest BCUT2D eigenvalue weighted by Crippen LogP contribution is -2.46. The summed E-state index contributed by atoms with van der Waals surface area (Å²) in [6.45, 7) is 0. The molecule has 0 aromatic rings. The number of Topliss-reactive ketones (excluding diaryl/α,β-unsaturated/α-hetero) is 1. The molecule has 0 heterocycles. The van der Waals surface area contributed by atoms with Gasteiger partial charge in [-0.15, -0.1) is 0 Å². The van der Waals surface area contributed by atoms with Gasteiger partial charge >= 0.3 is 6.09 Å². The number of halogens is 1. The highest BCUT2D eigenvalue weighted by Gasteiger charge is 2.29. The topological polar surface area (TPSA) is 66.4 Å². The molecule has 0 saturated heterocycles. The van der Waals surface area contributed by atoms with Gasteiger partial charge in [-0.05, 0) is 18.8 Å². The van der Waals surface area contributed by atoms with Gasteiger partial charge in [-0.2, -0.15) is 0 Å². The Morgan fingerprint density at radius 2 is 1.93 bits per heavy atom. The third kappa shape index (κ3) is 3.81. The zero-order chi connectivity index (χ0) is 11.3. The maximum Gasteiger partial charge on any atom is 0.405 e. The minimum Gasteiger partial charge on any atom is -0.465 e. The minimum absolute atomic E-state index is 0.0655. The third-order valence-corrected chi connectivity index (χ3v) is 3.43. The molecule has 1 aliphatic carbocycles. The molecule has 1 atom stereocenters. The SMILES string of the molecule is O=C(O)N[C@H](C(=O)CBr)C1CCCCC1. The van der Waals surface area contributed by atoms with E-state index in [4.69, 9.17) is 5.11 Å². The van der Waals surface area contributed by atoms with Crippen molar-refractivity contribution in [1.29, 1.82) is 0 Å². The van der Waals surface area contributed by atoms with Gasteiger partial charge in [-0.1, -0.05) is 35.2 Å². The molecule has 0 spiro atoms. The molecule has 0 aromatic carbocycles. The van der Waals surface area contributed by atoms with Gasteiger partial charge in [-0.25, -0.2) is 4.79 Å². The highest BCUT2D eigenvalue weighted by molar-refractivity contribution is 9.09. The van der Waals surface area contributed by atoms with Gasteiger partial charge in [0.2, 0.25) is 0 Å². The fourth-order valence-electron chi connectivity index (χ4n) is 2.14. The molecule has 86 valence electrons. The van der Waals surface area contributed by atoms with Crippen LogP contribution in [0.3, 0.4) is 0 Å². The van der Waals surface area contributed by atoms with Crippen molar-refractivity contribution < 1.29 is 14.7 Å². The number of amides is 1. The van der Waals surface area contributed by atoms with Crippen molar-refractivity contribution in [3.8, 4) is 0 Å². The second-order valence-electron chi connectivity index (χ2n) is 3.93. The second-order valence-corrected chi connectivity index (χ2v) is 4.49. The van der Waals surface area contributed by atoms with E-state index in [1.165, 1.54) is 6.42 Å². The molecule has 1 saturated carbocycles. The minimum atomic E-state index is -1.11. The summed E-state index contributed by atoms with van der Waals surface area (Å²) in [7, 11) is 0. The average Bonchev–Trinajstić information content (AvgIpc) is 2.26. The van der Waals surface area contributed by atoms with E-state index in [2.05, 4.69) is 21.2 Å². The lowest BCUT2D eigenvalue weighted by Gasteiger charge is -2.28. The maximum atomic E-state index is 11.6. The Labute approximate surface area is 97.6 Å². The predicted molar refractivity (Wildman–Crippen MR) is 60.3 cm³/mol. The van der Waals surface area contributed by atoms with E-state index >= 15 is 0 Å². The van der Waals surface area contributed by atoms with Gasteiger partial charge in [0, 0.05) is 0 Å². The molecule has 1 amide bonds. The van der Waals surface area contributed by atoms with Crippen LogP contribution in [0.4, 0.5) is 4.79 Å². The summed E-state index contributed by atoms with van der Waals surface area (Å²) < 4.78 is 0. The molecule has 1 fully saturated rings. The molecule has 4 nitrogen and oxygen atoms in total. The molecule has 0 aromatic heterocycles. The molecule has 0 aliphatic heterocycles. The Hall–Kier alpha value is -0.580. The van der Waals surface area contributed by atoms with Crippen LogP contribution in [0.25, 0.3) is 0 Å². The first-order chi connectivity index (χ1) is 7.15. The molecule has 5 heteroatoms. The number of hydrogen-bond acceptors (Lipinski definition) is 2. The Kier molecular flexibility index (Phi) is 5.08. The van der Waals surface area contributed by atoms with E-state index in [-0.39, 0.29) is 17.0 Å². The van der Waals surface area contributed by atoms with Crippen molar-refractivity contribution in [3.63, 3.8) is 0 Å². The van der Waals surface area contributed by atoms with Gasteiger partial charge < -0.3 is 10.4 Å². The van der Waals surface area contributed by atoms with Crippen molar-refractivity contribution >= 4 is 27.8 Å². The van der Waals surface area contributed by atoms with Gasteiger partial charge in [0.1, 0.15) is 0 Å². The van der Waals surface area contributed by atoms with E-state index in [0.29, 0.717) is 0 Å². The molecular weight excluding hydrogens is 262 g/mol. The monoisotopic (exact) mass is 277 g/mol. The van der Waals surface area contributed by atoms with Crippen LogP contribution in [-0.4, -0.2) is 28.4 Å². The Morgan fingerprint density at radius 1 is 1.33 bits per heavy atom. The third-order valence-electron chi connectivity index (χ3n) is 2.88. The van der Waals surface area contributed by atoms with Crippen molar-refractivity contribution in [2.24, 2.45) is 5.92 Å². The van der Waals surface area contributed by atoms with E-state index < -0.39 is 12.1 Å². The van der Waals surface area contributed by atoms with Crippen molar-refractivity contribution in [3.05, 3.63) is 0 Å². The number of carbonyl (C=O) groups excluding carboxylic acids is 1. The number of rotatable bonds is 4. The highest BCUT2D eigenvalue weighted by atomic mass is 79.9. The van der Waals surface area contributed by atoms with Crippen LogP contribution in [-0.2, 0) is 4.79 Å². The number of hydrogen-bond donors (Lipinski definition) is 2. The van der Waals surface area contributed by atoms with Gasteiger partial charge in [-0.3, -0.25) is 4.79 Å².